The summed E-state index contributed by atoms with van der Waals surface area (Å²) in [5.74, 6) is -0.971. The molecule has 2 unspecified atom stereocenters. The smallest absolute Gasteiger partial charge is 0.343 e. The molecule has 2 bridgehead atoms. The van der Waals surface area contributed by atoms with Gasteiger partial charge in [0, 0.05) is 5.02 Å². The molecule has 3 aliphatic rings. The second-order valence-corrected chi connectivity index (χ2v) is 5.83. The van der Waals surface area contributed by atoms with E-state index in [4.69, 9.17) is 11.6 Å². The molecule has 4 rings (SSSR count). The van der Waals surface area contributed by atoms with Crippen LogP contribution in [0.5, 0.6) is 0 Å². The number of cyclic esters (lactones) is 2. The Morgan fingerprint density at radius 3 is 2.41 bits per heavy atom. The third kappa shape index (κ3) is 1.05. The largest absolute Gasteiger partial charge is 0.386 e. The number of carbonyl (C=O) groups excluding carboxylic acids is 2. The van der Waals surface area contributed by atoms with Gasteiger partial charge < -0.3 is 4.74 Å². The van der Waals surface area contributed by atoms with Gasteiger partial charge in [-0.2, -0.15) is 0 Å². The van der Waals surface area contributed by atoms with Crippen molar-refractivity contribution in [3.8, 4) is 0 Å². The van der Waals surface area contributed by atoms with Gasteiger partial charge in [-0.25, -0.2) is 9.59 Å². The highest BCUT2D eigenvalue weighted by atomic mass is 35.5. The first-order valence-corrected chi connectivity index (χ1v) is 6.44. The van der Waals surface area contributed by atoms with Crippen LogP contribution in [0.2, 0.25) is 5.02 Å². The summed E-state index contributed by atoms with van der Waals surface area (Å²) in [6.45, 7) is 0. The number of hydrogen-bond donors (Lipinski definition) is 0. The molecule has 2 atom stereocenters. The minimum atomic E-state index is -0.490. The molecule has 84 valence electrons. The Labute approximate surface area is 106 Å². The highest BCUT2D eigenvalue weighted by Crippen LogP contribution is 2.65. The maximum absolute atomic E-state index is 11.6. The summed E-state index contributed by atoms with van der Waals surface area (Å²) < 4.78 is 4.67. The van der Waals surface area contributed by atoms with E-state index in [0.29, 0.717) is 16.2 Å². The zero-order valence-electron chi connectivity index (χ0n) is 8.40. The van der Waals surface area contributed by atoms with Crippen LogP contribution < -0.4 is 0 Å². The van der Waals surface area contributed by atoms with Crippen LogP contribution in [-0.4, -0.2) is 11.9 Å². The number of thioether (sulfide) groups is 1. The number of rotatable bonds is 0. The third-order valence-corrected chi connectivity index (χ3v) is 5.08. The minimum Gasteiger partial charge on any atom is -0.386 e. The molecule has 0 aromatic heterocycles. The summed E-state index contributed by atoms with van der Waals surface area (Å²) in [6.07, 6.45) is 0. The normalized spacial score (nSPS) is 28.5. The van der Waals surface area contributed by atoms with Gasteiger partial charge in [-0.1, -0.05) is 17.7 Å². The van der Waals surface area contributed by atoms with Crippen molar-refractivity contribution in [1.82, 2.24) is 0 Å². The van der Waals surface area contributed by atoms with Crippen molar-refractivity contribution in [3.05, 3.63) is 45.5 Å². The van der Waals surface area contributed by atoms with E-state index in [1.54, 1.807) is 11.8 Å². The Hall–Kier alpha value is -1.26. The number of ether oxygens (including phenoxy) is 1. The summed E-state index contributed by atoms with van der Waals surface area (Å²) in [5, 5.41) is 0.514. The average Bonchev–Trinajstić information content (AvgIpc) is 2.90. The molecule has 1 aromatic carbocycles. The van der Waals surface area contributed by atoms with Gasteiger partial charge >= 0.3 is 11.9 Å². The predicted octanol–water partition coefficient (Wildman–Crippen LogP) is 2.56. The summed E-state index contributed by atoms with van der Waals surface area (Å²) in [7, 11) is 0. The van der Waals surface area contributed by atoms with Crippen LogP contribution in [0.25, 0.3) is 0 Å². The molecule has 0 N–H and O–H groups in total. The van der Waals surface area contributed by atoms with Crippen molar-refractivity contribution in [1.29, 1.82) is 0 Å². The van der Waals surface area contributed by atoms with E-state index in [2.05, 4.69) is 4.74 Å². The van der Waals surface area contributed by atoms with Gasteiger partial charge in [0.15, 0.2) is 0 Å². The lowest BCUT2D eigenvalue weighted by Crippen LogP contribution is -2.06. The zero-order chi connectivity index (χ0) is 11.7. The lowest BCUT2D eigenvalue weighted by molar-refractivity contribution is -0.151. The van der Waals surface area contributed by atoms with Gasteiger partial charge in [-0.05, 0) is 23.3 Å². The van der Waals surface area contributed by atoms with E-state index >= 15 is 0 Å². The third-order valence-electron chi connectivity index (χ3n) is 3.33. The molecule has 0 saturated heterocycles. The molecule has 0 fully saturated rings. The van der Waals surface area contributed by atoms with Crippen LogP contribution in [0.1, 0.15) is 21.6 Å². The molecule has 3 nitrogen and oxygen atoms in total. The van der Waals surface area contributed by atoms with E-state index in [1.807, 2.05) is 18.2 Å². The minimum absolute atomic E-state index is 0.0544. The molecule has 3 heterocycles. The Bertz CT molecular complexity index is 635. The molecular formula is C12H5ClO3S. The summed E-state index contributed by atoms with van der Waals surface area (Å²) in [4.78, 5) is 23.2. The van der Waals surface area contributed by atoms with Crippen LogP contribution >= 0.6 is 23.4 Å². The Morgan fingerprint density at radius 2 is 1.71 bits per heavy atom. The number of benzene rings is 1. The SMILES string of the molecule is O=C1OC(=O)C2=C1C1SC2c2cc(Cl)ccc21. The van der Waals surface area contributed by atoms with Gasteiger partial charge in [0.1, 0.15) is 0 Å². The Kier molecular flexibility index (Phi) is 1.69. The zero-order valence-corrected chi connectivity index (χ0v) is 9.97. The summed E-state index contributed by atoms with van der Waals surface area (Å²) >= 11 is 7.57. The molecule has 0 saturated carbocycles. The molecule has 5 heteroatoms. The summed E-state index contributed by atoms with van der Waals surface area (Å²) in [6, 6.07) is 5.60. The Balaban J connectivity index is 1.96. The van der Waals surface area contributed by atoms with Crippen molar-refractivity contribution >= 4 is 35.3 Å². The van der Waals surface area contributed by atoms with Crippen LogP contribution in [-0.2, 0) is 14.3 Å². The standard InChI is InChI=1S/C12H5ClO3S/c13-4-1-2-5-6(3-4)10-8-7(9(5)17-10)11(14)16-12(8)15/h1-3,9-10H. The van der Waals surface area contributed by atoms with Gasteiger partial charge in [0.2, 0.25) is 0 Å². The molecule has 17 heavy (non-hydrogen) atoms. The van der Waals surface area contributed by atoms with E-state index < -0.39 is 11.9 Å². The average molecular weight is 265 g/mol. The van der Waals surface area contributed by atoms with Gasteiger partial charge in [0.25, 0.3) is 0 Å². The summed E-state index contributed by atoms with van der Waals surface area (Å²) in [5.41, 5.74) is 3.19. The van der Waals surface area contributed by atoms with Gasteiger partial charge in [-0.3, -0.25) is 0 Å². The highest BCUT2D eigenvalue weighted by molar-refractivity contribution is 8.00. The fourth-order valence-electron chi connectivity index (χ4n) is 2.65. The predicted molar refractivity (Wildman–Crippen MR) is 62.7 cm³/mol. The molecule has 0 radical (unpaired) electrons. The first kappa shape index (κ1) is 9.74. The number of carbonyl (C=O) groups is 2. The van der Waals surface area contributed by atoms with E-state index in [1.165, 1.54) is 0 Å². The quantitative estimate of drug-likeness (QED) is 0.534. The van der Waals surface area contributed by atoms with Crippen LogP contribution in [0, 0.1) is 0 Å². The molecule has 1 aromatic rings. The first-order chi connectivity index (χ1) is 8.16. The molecule has 0 amide bonds. The molecular weight excluding hydrogens is 260 g/mol. The van der Waals surface area contributed by atoms with Gasteiger partial charge in [0.05, 0.1) is 21.6 Å². The van der Waals surface area contributed by atoms with Crippen LogP contribution in [0.15, 0.2) is 29.3 Å². The van der Waals surface area contributed by atoms with Crippen molar-refractivity contribution in [2.24, 2.45) is 0 Å². The van der Waals surface area contributed by atoms with Gasteiger partial charge in [-0.15, -0.1) is 11.8 Å². The van der Waals surface area contributed by atoms with Crippen LogP contribution in [0.3, 0.4) is 0 Å². The fourth-order valence-corrected chi connectivity index (χ4v) is 4.54. The highest BCUT2D eigenvalue weighted by Gasteiger charge is 2.54. The number of halogens is 1. The number of hydrogen-bond acceptors (Lipinski definition) is 4. The number of fused-ring (bicyclic) bond motifs is 7. The second kappa shape index (κ2) is 2.94. The molecule has 0 aliphatic carbocycles. The lowest BCUT2D eigenvalue weighted by atomic mass is 9.87. The number of esters is 2. The van der Waals surface area contributed by atoms with E-state index in [9.17, 15) is 9.59 Å². The van der Waals surface area contributed by atoms with Crippen molar-refractivity contribution < 1.29 is 14.3 Å². The van der Waals surface area contributed by atoms with Crippen LogP contribution in [0.4, 0.5) is 0 Å². The maximum atomic E-state index is 11.6. The van der Waals surface area contributed by atoms with Crippen molar-refractivity contribution in [3.63, 3.8) is 0 Å². The second-order valence-electron chi connectivity index (χ2n) is 4.17. The maximum Gasteiger partial charge on any atom is 0.343 e. The molecule has 3 aliphatic heterocycles. The monoisotopic (exact) mass is 264 g/mol. The van der Waals surface area contributed by atoms with E-state index in [0.717, 1.165) is 11.1 Å². The first-order valence-electron chi connectivity index (χ1n) is 5.12. The van der Waals surface area contributed by atoms with E-state index in [-0.39, 0.29) is 10.5 Å². The lowest BCUT2D eigenvalue weighted by Gasteiger charge is -2.12. The van der Waals surface area contributed by atoms with Crippen molar-refractivity contribution in [2.45, 2.75) is 10.5 Å². The van der Waals surface area contributed by atoms with Crippen molar-refractivity contribution in [2.75, 3.05) is 0 Å². The molecule has 0 spiro atoms. The topological polar surface area (TPSA) is 43.4 Å². The Morgan fingerprint density at radius 1 is 1.06 bits per heavy atom. The fraction of sp³-hybridized carbons (Fsp3) is 0.167.